The molecule has 20 heavy (non-hydrogen) atoms. The summed E-state index contributed by atoms with van der Waals surface area (Å²) in [5, 5.41) is 0. The van der Waals surface area contributed by atoms with E-state index in [4.69, 9.17) is 5.84 Å². The SMILES string of the molecule is CCc1cccnc1C(Cc1ccc(Br)cc1F)NN. The molecule has 3 N–H and O–H groups in total. The average molecular weight is 338 g/mol. The van der Waals surface area contributed by atoms with Crippen LogP contribution in [0.5, 0.6) is 0 Å². The second kappa shape index (κ2) is 6.92. The standard InChI is InChI=1S/C15H17BrFN3/c1-2-10-4-3-7-19-15(10)14(20-18)8-11-5-6-12(16)9-13(11)17/h3-7,9,14,20H,2,8,18H2,1H3. The third-order valence-electron chi connectivity index (χ3n) is 3.28. The largest absolute Gasteiger partial charge is 0.271 e. The Bertz CT molecular complexity index is 589. The van der Waals surface area contributed by atoms with E-state index in [1.54, 1.807) is 12.3 Å². The molecule has 2 aromatic rings. The van der Waals surface area contributed by atoms with Gasteiger partial charge in [0.1, 0.15) is 5.82 Å². The highest BCUT2D eigenvalue weighted by molar-refractivity contribution is 9.10. The molecule has 0 aliphatic rings. The van der Waals surface area contributed by atoms with Crippen LogP contribution in [0.4, 0.5) is 4.39 Å². The number of hydrogen-bond acceptors (Lipinski definition) is 3. The van der Waals surface area contributed by atoms with Gasteiger partial charge in [0.05, 0.1) is 11.7 Å². The van der Waals surface area contributed by atoms with Crippen molar-refractivity contribution in [2.45, 2.75) is 25.8 Å². The molecular weight excluding hydrogens is 321 g/mol. The van der Waals surface area contributed by atoms with Crippen molar-refractivity contribution in [1.29, 1.82) is 0 Å². The highest BCUT2D eigenvalue weighted by atomic mass is 79.9. The zero-order chi connectivity index (χ0) is 14.5. The number of rotatable bonds is 5. The van der Waals surface area contributed by atoms with Crippen LogP contribution in [0, 0.1) is 5.82 Å². The summed E-state index contributed by atoms with van der Waals surface area (Å²) in [5.74, 6) is 5.39. The Balaban J connectivity index is 2.29. The van der Waals surface area contributed by atoms with Crippen LogP contribution >= 0.6 is 15.9 Å². The van der Waals surface area contributed by atoms with Crippen LogP contribution in [-0.4, -0.2) is 4.98 Å². The molecule has 1 aromatic heterocycles. The Morgan fingerprint density at radius 3 is 2.80 bits per heavy atom. The molecule has 0 amide bonds. The predicted octanol–water partition coefficient (Wildman–Crippen LogP) is 3.29. The van der Waals surface area contributed by atoms with Crippen LogP contribution in [0.3, 0.4) is 0 Å². The summed E-state index contributed by atoms with van der Waals surface area (Å²) in [4.78, 5) is 4.39. The first-order chi connectivity index (χ1) is 9.65. The lowest BCUT2D eigenvalue weighted by Crippen LogP contribution is -2.31. The normalized spacial score (nSPS) is 12.4. The van der Waals surface area contributed by atoms with Gasteiger partial charge in [0.15, 0.2) is 0 Å². The first-order valence-electron chi connectivity index (χ1n) is 6.49. The van der Waals surface area contributed by atoms with Crippen LogP contribution < -0.4 is 11.3 Å². The van der Waals surface area contributed by atoms with Crippen molar-refractivity contribution < 1.29 is 4.39 Å². The van der Waals surface area contributed by atoms with Gasteiger partial charge in [-0.15, -0.1) is 0 Å². The molecule has 0 saturated carbocycles. The van der Waals surface area contributed by atoms with Crippen LogP contribution in [0.2, 0.25) is 0 Å². The minimum Gasteiger partial charge on any atom is -0.271 e. The van der Waals surface area contributed by atoms with E-state index in [9.17, 15) is 4.39 Å². The fraction of sp³-hybridized carbons (Fsp3) is 0.267. The van der Waals surface area contributed by atoms with Crippen LogP contribution in [0.15, 0.2) is 41.0 Å². The van der Waals surface area contributed by atoms with Gasteiger partial charge in [-0.3, -0.25) is 16.3 Å². The molecular formula is C15H17BrFN3. The first kappa shape index (κ1) is 15.1. The van der Waals surface area contributed by atoms with E-state index in [1.807, 2.05) is 18.2 Å². The van der Waals surface area contributed by atoms with Gasteiger partial charge in [-0.1, -0.05) is 35.0 Å². The topological polar surface area (TPSA) is 50.9 Å². The third-order valence-corrected chi connectivity index (χ3v) is 3.77. The fourth-order valence-corrected chi connectivity index (χ4v) is 2.54. The van der Waals surface area contributed by atoms with Crippen molar-refractivity contribution >= 4 is 15.9 Å². The highest BCUT2D eigenvalue weighted by Gasteiger charge is 2.17. The molecule has 3 nitrogen and oxygen atoms in total. The number of hydrogen-bond donors (Lipinski definition) is 2. The molecule has 106 valence electrons. The van der Waals surface area contributed by atoms with Crippen LogP contribution in [-0.2, 0) is 12.8 Å². The predicted molar refractivity (Wildman–Crippen MR) is 81.5 cm³/mol. The molecule has 0 radical (unpaired) electrons. The van der Waals surface area contributed by atoms with Crippen molar-refractivity contribution in [2.75, 3.05) is 0 Å². The molecule has 1 unspecified atom stereocenters. The number of nitrogens with one attached hydrogen (secondary N) is 1. The third kappa shape index (κ3) is 3.42. The summed E-state index contributed by atoms with van der Waals surface area (Å²) in [6, 6.07) is 8.76. The number of nitrogens with zero attached hydrogens (tertiary/aromatic N) is 1. The minimum absolute atomic E-state index is 0.207. The number of halogens is 2. The van der Waals surface area contributed by atoms with E-state index in [0.717, 1.165) is 22.2 Å². The van der Waals surface area contributed by atoms with E-state index >= 15 is 0 Å². The molecule has 2 rings (SSSR count). The summed E-state index contributed by atoms with van der Waals surface area (Å²) in [5.41, 5.74) is 5.35. The maximum absolute atomic E-state index is 13.9. The van der Waals surface area contributed by atoms with Crippen LogP contribution in [0.25, 0.3) is 0 Å². The summed E-state index contributed by atoms with van der Waals surface area (Å²) < 4.78 is 14.7. The van der Waals surface area contributed by atoms with E-state index in [2.05, 4.69) is 33.3 Å². The minimum atomic E-state index is -0.242. The molecule has 0 saturated heterocycles. The molecule has 1 aromatic carbocycles. The Morgan fingerprint density at radius 2 is 2.15 bits per heavy atom. The summed E-state index contributed by atoms with van der Waals surface area (Å²) in [6.45, 7) is 2.06. The lowest BCUT2D eigenvalue weighted by molar-refractivity contribution is 0.515. The van der Waals surface area contributed by atoms with E-state index in [1.165, 1.54) is 6.07 Å². The molecule has 0 spiro atoms. The number of benzene rings is 1. The summed E-state index contributed by atoms with van der Waals surface area (Å²) in [7, 11) is 0. The Morgan fingerprint density at radius 1 is 1.35 bits per heavy atom. The van der Waals surface area contributed by atoms with Gasteiger partial charge in [-0.2, -0.15) is 0 Å². The van der Waals surface area contributed by atoms with Gasteiger partial charge in [-0.05, 0) is 42.2 Å². The zero-order valence-corrected chi connectivity index (χ0v) is 12.8. The molecule has 0 bridgehead atoms. The van der Waals surface area contributed by atoms with Gasteiger partial charge in [0, 0.05) is 10.7 Å². The Kier molecular flexibility index (Phi) is 5.23. The molecule has 1 atom stereocenters. The summed E-state index contributed by atoms with van der Waals surface area (Å²) in [6.07, 6.45) is 3.06. The van der Waals surface area contributed by atoms with Gasteiger partial charge >= 0.3 is 0 Å². The monoisotopic (exact) mass is 337 g/mol. The van der Waals surface area contributed by atoms with Gasteiger partial charge in [-0.25, -0.2) is 4.39 Å². The number of nitrogens with two attached hydrogens (primary N) is 1. The second-order valence-corrected chi connectivity index (χ2v) is 5.48. The number of aryl methyl sites for hydroxylation is 1. The highest BCUT2D eigenvalue weighted by Crippen LogP contribution is 2.23. The van der Waals surface area contributed by atoms with E-state index in [-0.39, 0.29) is 11.9 Å². The van der Waals surface area contributed by atoms with Crippen molar-refractivity contribution in [3.63, 3.8) is 0 Å². The molecule has 0 fully saturated rings. The summed E-state index contributed by atoms with van der Waals surface area (Å²) >= 11 is 3.25. The van der Waals surface area contributed by atoms with E-state index < -0.39 is 0 Å². The van der Waals surface area contributed by atoms with Gasteiger partial charge < -0.3 is 0 Å². The maximum atomic E-state index is 13.9. The van der Waals surface area contributed by atoms with E-state index in [0.29, 0.717) is 12.0 Å². The zero-order valence-electron chi connectivity index (χ0n) is 11.2. The lowest BCUT2D eigenvalue weighted by Gasteiger charge is -2.18. The first-order valence-corrected chi connectivity index (χ1v) is 7.28. The van der Waals surface area contributed by atoms with Gasteiger partial charge in [0.2, 0.25) is 0 Å². The van der Waals surface area contributed by atoms with Crippen molar-refractivity contribution in [3.05, 3.63) is 63.6 Å². The molecule has 0 aliphatic carbocycles. The number of pyridine rings is 1. The quantitative estimate of drug-likeness (QED) is 0.650. The number of hydrazine groups is 1. The van der Waals surface area contributed by atoms with Crippen LogP contribution in [0.1, 0.15) is 29.8 Å². The Hall–Kier alpha value is -1.30. The second-order valence-electron chi connectivity index (χ2n) is 4.56. The fourth-order valence-electron chi connectivity index (χ4n) is 2.21. The van der Waals surface area contributed by atoms with Crippen molar-refractivity contribution in [1.82, 2.24) is 10.4 Å². The number of aromatic nitrogens is 1. The molecule has 5 heteroatoms. The smallest absolute Gasteiger partial charge is 0.127 e. The van der Waals surface area contributed by atoms with Crippen molar-refractivity contribution in [3.8, 4) is 0 Å². The van der Waals surface area contributed by atoms with Crippen molar-refractivity contribution in [2.24, 2.45) is 5.84 Å². The average Bonchev–Trinajstić information content (AvgIpc) is 2.46. The maximum Gasteiger partial charge on any atom is 0.127 e. The Labute approximate surface area is 126 Å². The molecule has 1 heterocycles. The van der Waals surface area contributed by atoms with Gasteiger partial charge in [0.25, 0.3) is 0 Å². The molecule has 0 aliphatic heterocycles. The lowest BCUT2D eigenvalue weighted by atomic mass is 9.98.